The first-order valence-electron chi connectivity index (χ1n) is 6.98. The van der Waals surface area contributed by atoms with E-state index < -0.39 is 41.8 Å². The van der Waals surface area contributed by atoms with Crippen molar-refractivity contribution in [2.75, 3.05) is 6.54 Å². The summed E-state index contributed by atoms with van der Waals surface area (Å²) in [6, 6.07) is 5.47. The van der Waals surface area contributed by atoms with E-state index in [2.05, 4.69) is 15.9 Å². The number of alkyl carbamates (subject to hydrolysis) is 1. The van der Waals surface area contributed by atoms with Crippen molar-refractivity contribution >= 4 is 39.2 Å². The van der Waals surface area contributed by atoms with Crippen LogP contribution in [0, 0.1) is 0 Å². The van der Waals surface area contributed by atoms with E-state index in [4.69, 9.17) is 4.74 Å². The quantitative estimate of drug-likeness (QED) is 0.395. The van der Waals surface area contributed by atoms with Gasteiger partial charge >= 0.3 is 74.7 Å². The van der Waals surface area contributed by atoms with Gasteiger partial charge in [0.1, 0.15) is 5.60 Å². The molecule has 0 atom stereocenters. The van der Waals surface area contributed by atoms with Gasteiger partial charge in [-0.2, -0.15) is 8.42 Å². The molecular formula is C13H18BBrF4KNO4S. The van der Waals surface area contributed by atoms with Crippen LogP contribution in [0.2, 0.25) is 6.32 Å². The summed E-state index contributed by atoms with van der Waals surface area (Å²) in [5, 5.41) is 2.03. The van der Waals surface area contributed by atoms with Crippen molar-refractivity contribution < 1.29 is 86.2 Å². The molecule has 5 nitrogen and oxygen atoms in total. The van der Waals surface area contributed by atoms with Crippen molar-refractivity contribution in [3.63, 3.8) is 0 Å². The van der Waals surface area contributed by atoms with E-state index in [0.717, 1.165) is 0 Å². The molecule has 26 heavy (non-hydrogen) atoms. The summed E-state index contributed by atoms with van der Waals surface area (Å²) >= 11 is 3.02. The van der Waals surface area contributed by atoms with Crippen molar-refractivity contribution in [2.24, 2.45) is 0 Å². The van der Waals surface area contributed by atoms with Gasteiger partial charge in [-0.15, -0.1) is 3.89 Å². The molecule has 0 bridgehead atoms. The van der Waals surface area contributed by atoms with Crippen LogP contribution in [0.3, 0.4) is 0 Å². The van der Waals surface area contributed by atoms with Gasteiger partial charge < -0.3 is 23.0 Å². The molecule has 1 rings (SSSR count). The minimum Gasteiger partial charge on any atom is -0.449 e. The molecule has 1 aromatic carbocycles. The molecule has 0 saturated carbocycles. The van der Waals surface area contributed by atoms with Crippen LogP contribution < -0.4 is 56.7 Å². The van der Waals surface area contributed by atoms with Gasteiger partial charge in [-0.1, -0.05) is 28.3 Å². The molecule has 0 spiro atoms. The first-order valence-corrected chi connectivity index (χ1v) is 9.16. The van der Waals surface area contributed by atoms with Crippen molar-refractivity contribution in [2.45, 2.75) is 37.6 Å². The Bertz CT molecular complexity index is 683. The molecule has 0 saturated heterocycles. The fraction of sp³-hybridized carbons (Fsp3) is 0.462. The maximum atomic E-state index is 12.3. The maximum Gasteiger partial charge on any atom is 1.00 e. The number of hydrogen-bond acceptors (Lipinski definition) is 4. The summed E-state index contributed by atoms with van der Waals surface area (Å²) in [5.41, 5.74) is -0.687. The number of halogens is 5. The van der Waals surface area contributed by atoms with E-state index >= 15 is 0 Å². The van der Waals surface area contributed by atoms with E-state index in [9.17, 15) is 30.0 Å². The predicted molar refractivity (Wildman–Crippen MR) is 90.6 cm³/mol. The Morgan fingerprint density at radius 2 is 1.81 bits per heavy atom. The number of carbonyl (C=O) groups is 1. The molecule has 0 aliphatic heterocycles. The molecule has 0 unspecified atom stereocenters. The Balaban J connectivity index is 0. The van der Waals surface area contributed by atoms with Gasteiger partial charge in [-0.3, -0.25) is 0 Å². The van der Waals surface area contributed by atoms with Gasteiger partial charge in [0.15, 0.2) is 0 Å². The third-order valence-electron chi connectivity index (χ3n) is 2.22. The Labute approximate surface area is 201 Å². The van der Waals surface area contributed by atoms with Gasteiger partial charge in [0.05, 0.1) is 4.90 Å². The van der Waals surface area contributed by atoms with E-state index in [1.54, 1.807) is 26.8 Å². The topological polar surface area (TPSA) is 72.5 Å². The second-order valence-electron chi connectivity index (χ2n) is 5.82. The van der Waals surface area contributed by atoms with Crippen LogP contribution in [-0.2, 0) is 15.0 Å². The number of nitrogens with one attached hydrogen (secondary N) is 1. The molecule has 1 N–H and O–H groups in total. The fourth-order valence-electron chi connectivity index (χ4n) is 1.27. The Morgan fingerprint density at radius 3 is 2.15 bits per heavy atom. The summed E-state index contributed by atoms with van der Waals surface area (Å²) in [7, 11) is -4.56. The summed E-state index contributed by atoms with van der Waals surface area (Å²) in [5.74, 6) is 0. The number of benzene rings is 1. The first-order chi connectivity index (χ1) is 11.1. The Morgan fingerprint density at radius 1 is 1.27 bits per heavy atom. The standard InChI is InChI=1S/C7H14BF3NO2.C6H4BrFO2S.K/c1-7(2,3)14-6(13)12-5-4-8(9,10)11;7-5-2-1-3-6(4-5)11(8,9)10;/h4-5H2,1-3H3,(H,12,13);1-4H;/q-1;;+1. The Kier molecular flexibility index (Phi) is 13.2. The maximum absolute atomic E-state index is 12.3. The van der Waals surface area contributed by atoms with E-state index in [-0.39, 0.29) is 56.3 Å². The zero-order valence-corrected chi connectivity index (χ0v) is 20.3. The third kappa shape index (κ3) is 16.5. The number of amides is 1. The van der Waals surface area contributed by atoms with Crippen LogP contribution in [0.5, 0.6) is 0 Å². The SMILES string of the molecule is CC(C)(C)OC(=O)NCC[B-](F)(F)F.O=S(=O)(F)c1cccc(Br)c1.[K+]. The van der Waals surface area contributed by atoms with Crippen molar-refractivity contribution in [1.29, 1.82) is 0 Å². The van der Waals surface area contributed by atoms with Crippen molar-refractivity contribution in [3.8, 4) is 0 Å². The first kappa shape index (κ1) is 28.6. The van der Waals surface area contributed by atoms with Crippen LogP contribution in [0.15, 0.2) is 33.6 Å². The average Bonchev–Trinajstić information content (AvgIpc) is 2.34. The molecule has 0 aliphatic carbocycles. The van der Waals surface area contributed by atoms with Crippen molar-refractivity contribution in [1.82, 2.24) is 5.32 Å². The average molecular weight is 490 g/mol. The van der Waals surface area contributed by atoms with Gasteiger partial charge in [-0.05, 0) is 45.5 Å². The smallest absolute Gasteiger partial charge is 0.449 e. The number of ether oxygens (including phenoxy) is 1. The van der Waals surface area contributed by atoms with Gasteiger partial charge in [0.25, 0.3) is 0 Å². The molecule has 0 aliphatic rings. The second-order valence-corrected chi connectivity index (χ2v) is 8.09. The molecule has 13 heteroatoms. The molecule has 0 aromatic heterocycles. The molecule has 0 radical (unpaired) electrons. The molecular weight excluding hydrogens is 472 g/mol. The summed E-state index contributed by atoms with van der Waals surface area (Å²) in [6.07, 6.45) is -1.81. The zero-order chi connectivity index (χ0) is 19.9. The summed E-state index contributed by atoms with van der Waals surface area (Å²) < 4.78 is 73.3. The minimum atomic E-state index is -4.84. The van der Waals surface area contributed by atoms with Crippen LogP contribution in [-0.4, -0.2) is 33.6 Å². The number of rotatable bonds is 4. The fourth-order valence-corrected chi connectivity index (χ4v) is 2.33. The van der Waals surface area contributed by atoms with Crippen LogP contribution in [0.4, 0.5) is 21.6 Å². The van der Waals surface area contributed by atoms with Gasteiger partial charge in [-0.25, -0.2) is 4.79 Å². The second kappa shape index (κ2) is 12.0. The van der Waals surface area contributed by atoms with E-state index in [0.29, 0.717) is 4.47 Å². The molecule has 1 amide bonds. The monoisotopic (exact) mass is 489 g/mol. The molecule has 1 aromatic rings. The van der Waals surface area contributed by atoms with Crippen molar-refractivity contribution in [3.05, 3.63) is 28.7 Å². The molecule has 144 valence electrons. The van der Waals surface area contributed by atoms with Crippen LogP contribution in [0.1, 0.15) is 20.8 Å². The summed E-state index contributed by atoms with van der Waals surface area (Å²) in [6.45, 7) is -0.354. The summed E-state index contributed by atoms with van der Waals surface area (Å²) in [4.78, 5) is 10.5. The third-order valence-corrected chi connectivity index (χ3v) is 3.53. The Hall–Kier alpha value is 0.341. The van der Waals surface area contributed by atoms with Crippen LogP contribution >= 0.6 is 15.9 Å². The van der Waals surface area contributed by atoms with Gasteiger partial charge in [0, 0.05) is 4.47 Å². The van der Waals surface area contributed by atoms with E-state index in [1.807, 2.05) is 5.32 Å². The number of carbonyl (C=O) groups excluding carboxylic acids is 1. The normalized spacial score (nSPS) is 11.5. The minimum absolute atomic E-state index is 0. The predicted octanol–water partition coefficient (Wildman–Crippen LogP) is 1.47. The van der Waals surface area contributed by atoms with Gasteiger partial charge in [0.2, 0.25) is 0 Å². The largest absolute Gasteiger partial charge is 1.00 e. The van der Waals surface area contributed by atoms with Crippen LogP contribution in [0.25, 0.3) is 0 Å². The number of hydrogen-bond donors (Lipinski definition) is 1. The van der Waals surface area contributed by atoms with E-state index in [1.165, 1.54) is 18.2 Å². The molecule has 0 fully saturated rings. The molecule has 0 heterocycles. The zero-order valence-electron chi connectivity index (χ0n) is 14.7.